The molecule has 23 heavy (non-hydrogen) atoms. The van der Waals surface area contributed by atoms with Gasteiger partial charge in [-0.2, -0.15) is 0 Å². The van der Waals surface area contributed by atoms with Gasteiger partial charge >= 0.3 is 0 Å². The zero-order chi connectivity index (χ0) is 16.2. The predicted octanol–water partition coefficient (Wildman–Crippen LogP) is 2.83. The van der Waals surface area contributed by atoms with Gasteiger partial charge < -0.3 is 10.3 Å². The second kappa shape index (κ2) is 6.23. The first-order chi connectivity index (χ1) is 11.1. The summed E-state index contributed by atoms with van der Waals surface area (Å²) < 4.78 is 13.2. The first-order valence-corrected chi connectivity index (χ1v) is 6.83. The van der Waals surface area contributed by atoms with Crippen LogP contribution >= 0.6 is 0 Å². The molecule has 0 aliphatic heterocycles. The molecule has 3 rings (SSSR count). The summed E-state index contributed by atoms with van der Waals surface area (Å²) in [7, 11) is 0. The van der Waals surface area contributed by atoms with Gasteiger partial charge in [-0.1, -0.05) is 6.07 Å². The molecule has 0 radical (unpaired) electrons. The fourth-order valence-electron chi connectivity index (χ4n) is 2.11. The molecule has 0 spiro atoms. The number of nitrogens with one attached hydrogen (secondary N) is 2. The lowest BCUT2D eigenvalue weighted by Crippen LogP contribution is -2.19. The number of amides is 1. The fourth-order valence-corrected chi connectivity index (χ4v) is 2.11. The van der Waals surface area contributed by atoms with Gasteiger partial charge in [0.2, 0.25) is 0 Å². The second-order valence-corrected chi connectivity index (χ2v) is 4.83. The maximum atomic E-state index is 13.2. The van der Waals surface area contributed by atoms with Crippen LogP contribution in [0.25, 0.3) is 11.1 Å². The number of H-pyrrole nitrogens is 1. The van der Waals surface area contributed by atoms with Crippen molar-refractivity contribution in [2.45, 2.75) is 0 Å². The number of benzene rings is 1. The van der Waals surface area contributed by atoms with E-state index in [4.69, 9.17) is 0 Å². The number of pyridine rings is 2. The van der Waals surface area contributed by atoms with Gasteiger partial charge in [-0.3, -0.25) is 14.6 Å². The SMILES string of the molecule is O=C(Nc1cc(-c2ccncc2)c[nH]c1=O)c1cccc(F)c1. The van der Waals surface area contributed by atoms with E-state index in [1.54, 1.807) is 36.8 Å². The smallest absolute Gasteiger partial charge is 0.271 e. The van der Waals surface area contributed by atoms with E-state index >= 15 is 0 Å². The number of carbonyl (C=O) groups excluding carboxylic acids is 1. The van der Waals surface area contributed by atoms with E-state index in [9.17, 15) is 14.0 Å². The molecular weight excluding hydrogens is 297 g/mol. The Morgan fingerprint density at radius 2 is 1.87 bits per heavy atom. The molecule has 0 aliphatic rings. The molecule has 2 heterocycles. The standard InChI is InChI=1S/C17H12FN3O2/c18-14-3-1-2-12(8-14)16(22)21-15-9-13(10-20-17(15)23)11-4-6-19-7-5-11/h1-10H,(H,20,23)(H,21,22). The van der Waals surface area contributed by atoms with Crippen LogP contribution in [0.5, 0.6) is 0 Å². The van der Waals surface area contributed by atoms with E-state index in [2.05, 4.69) is 15.3 Å². The van der Waals surface area contributed by atoms with Crippen LogP contribution in [0.15, 0.2) is 65.8 Å². The summed E-state index contributed by atoms with van der Waals surface area (Å²) >= 11 is 0. The van der Waals surface area contributed by atoms with Crippen molar-refractivity contribution in [2.24, 2.45) is 0 Å². The van der Waals surface area contributed by atoms with Crippen molar-refractivity contribution in [2.75, 3.05) is 5.32 Å². The number of hydrogen-bond acceptors (Lipinski definition) is 3. The van der Waals surface area contributed by atoms with Crippen LogP contribution in [0.1, 0.15) is 10.4 Å². The van der Waals surface area contributed by atoms with Crippen molar-refractivity contribution in [1.82, 2.24) is 9.97 Å². The Hall–Kier alpha value is -3.28. The van der Waals surface area contributed by atoms with E-state index in [1.165, 1.54) is 18.2 Å². The second-order valence-electron chi connectivity index (χ2n) is 4.83. The molecule has 0 saturated carbocycles. The van der Waals surface area contributed by atoms with Gasteiger partial charge in [0.25, 0.3) is 11.5 Å². The summed E-state index contributed by atoms with van der Waals surface area (Å²) in [6.07, 6.45) is 4.81. The van der Waals surface area contributed by atoms with Crippen molar-refractivity contribution in [1.29, 1.82) is 0 Å². The van der Waals surface area contributed by atoms with Crippen LogP contribution in [-0.2, 0) is 0 Å². The first kappa shape index (κ1) is 14.6. The molecule has 3 aromatic rings. The summed E-state index contributed by atoms with van der Waals surface area (Å²) in [5.74, 6) is -1.07. The Kier molecular flexibility index (Phi) is 3.97. The molecule has 0 unspecified atom stereocenters. The molecule has 0 bridgehead atoms. The Morgan fingerprint density at radius 3 is 2.61 bits per heavy atom. The van der Waals surface area contributed by atoms with Crippen molar-refractivity contribution in [3.05, 3.63) is 82.8 Å². The normalized spacial score (nSPS) is 10.3. The quantitative estimate of drug-likeness (QED) is 0.781. The molecule has 114 valence electrons. The number of carbonyl (C=O) groups is 1. The Balaban J connectivity index is 1.91. The summed E-state index contributed by atoms with van der Waals surface area (Å²) in [6, 6.07) is 10.4. The minimum Gasteiger partial charge on any atom is -0.327 e. The van der Waals surface area contributed by atoms with Gasteiger partial charge in [0.15, 0.2) is 0 Å². The van der Waals surface area contributed by atoms with Crippen LogP contribution in [0.2, 0.25) is 0 Å². The Labute approximate surface area is 130 Å². The highest BCUT2D eigenvalue weighted by molar-refractivity contribution is 6.04. The summed E-state index contributed by atoms with van der Waals surface area (Å²) in [5, 5.41) is 2.50. The third-order valence-corrected chi connectivity index (χ3v) is 3.25. The van der Waals surface area contributed by atoms with E-state index in [-0.39, 0.29) is 11.3 Å². The monoisotopic (exact) mass is 309 g/mol. The number of anilines is 1. The van der Waals surface area contributed by atoms with Crippen molar-refractivity contribution < 1.29 is 9.18 Å². The highest BCUT2D eigenvalue weighted by atomic mass is 19.1. The van der Waals surface area contributed by atoms with E-state index < -0.39 is 17.3 Å². The highest BCUT2D eigenvalue weighted by Crippen LogP contribution is 2.19. The van der Waals surface area contributed by atoms with Crippen LogP contribution in [0.4, 0.5) is 10.1 Å². The van der Waals surface area contributed by atoms with Gasteiger partial charge in [0.05, 0.1) is 0 Å². The minimum atomic E-state index is -0.554. The maximum absolute atomic E-state index is 13.2. The van der Waals surface area contributed by atoms with E-state index in [1.807, 2.05) is 0 Å². The average Bonchev–Trinajstić information content (AvgIpc) is 2.57. The lowest BCUT2D eigenvalue weighted by atomic mass is 10.1. The molecule has 2 N–H and O–H groups in total. The first-order valence-electron chi connectivity index (χ1n) is 6.83. The molecule has 5 nitrogen and oxygen atoms in total. The maximum Gasteiger partial charge on any atom is 0.271 e. The minimum absolute atomic E-state index is 0.0913. The lowest BCUT2D eigenvalue weighted by Gasteiger charge is -2.07. The molecule has 0 atom stereocenters. The van der Waals surface area contributed by atoms with Crippen LogP contribution in [0, 0.1) is 5.82 Å². The molecule has 0 fully saturated rings. The molecule has 0 aliphatic carbocycles. The largest absolute Gasteiger partial charge is 0.327 e. The van der Waals surface area contributed by atoms with Gasteiger partial charge in [-0.05, 0) is 42.0 Å². The Bertz CT molecular complexity index is 907. The molecule has 0 saturated heterocycles. The van der Waals surface area contributed by atoms with Crippen molar-refractivity contribution in [3.63, 3.8) is 0 Å². The van der Waals surface area contributed by atoms with Gasteiger partial charge in [0, 0.05) is 29.7 Å². The molecule has 1 aromatic carbocycles. The molecular formula is C17H12FN3O2. The average molecular weight is 309 g/mol. The predicted molar refractivity (Wildman–Crippen MR) is 84.6 cm³/mol. The number of hydrogen-bond donors (Lipinski definition) is 2. The topological polar surface area (TPSA) is 74.8 Å². The zero-order valence-corrected chi connectivity index (χ0v) is 11.9. The van der Waals surface area contributed by atoms with Gasteiger partial charge in [-0.25, -0.2) is 4.39 Å². The summed E-state index contributed by atoms with van der Waals surface area (Å²) in [6.45, 7) is 0. The van der Waals surface area contributed by atoms with E-state index in [0.717, 1.165) is 17.2 Å². The van der Waals surface area contributed by atoms with Crippen molar-refractivity contribution >= 4 is 11.6 Å². The Morgan fingerprint density at radius 1 is 1.09 bits per heavy atom. The third kappa shape index (κ3) is 3.32. The van der Waals surface area contributed by atoms with Crippen LogP contribution in [0.3, 0.4) is 0 Å². The molecule has 1 amide bonds. The number of aromatic amines is 1. The van der Waals surface area contributed by atoms with Gasteiger partial charge in [0.1, 0.15) is 11.5 Å². The number of aromatic nitrogens is 2. The molecule has 6 heteroatoms. The van der Waals surface area contributed by atoms with E-state index in [0.29, 0.717) is 0 Å². The van der Waals surface area contributed by atoms with Crippen molar-refractivity contribution in [3.8, 4) is 11.1 Å². The molecule has 2 aromatic heterocycles. The third-order valence-electron chi connectivity index (χ3n) is 3.25. The van der Waals surface area contributed by atoms with Crippen LogP contribution < -0.4 is 10.9 Å². The summed E-state index contributed by atoms with van der Waals surface area (Å²) in [5.41, 5.74) is 1.36. The van der Waals surface area contributed by atoms with Gasteiger partial charge in [-0.15, -0.1) is 0 Å². The lowest BCUT2D eigenvalue weighted by molar-refractivity contribution is 0.102. The number of halogens is 1. The highest BCUT2D eigenvalue weighted by Gasteiger charge is 2.10. The number of nitrogens with zero attached hydrogens (tertiary/aromatic N) is 1. The summed E-state index contributed by atoms with van der Waals surface area (Å²) in [4.78, 5) is 30.5. The number of rotatable bonds is 3. The zero-order valence-electron chi connectivity index (χ0n) is 11.9. The van der Waals surface area contributed by atoms with Crippen LogP contribution in [-0.4, -0.2) is 15.9 Å². The fraction of sp³-hybridized carbons (Fsp3) is 0.